The lowest BCUT2D eigenvalue weighted by Crippen LogP contribution is -1.99. The van der Waals surface area contributed by atoms with Crippen molar-refractivity contribution in [1.82, 2.24) is 4.98 Å². The van der Waals surface area contributed by atoms with Crippen LogP contribution in [0.15, 0.2) is 78.9 Å². The molecule has 0 amide bonds. The number of nitrogens with one attached hydrogen (secondary N) is 1. The first-order valence-electron chi connectivity index (χ1n) is 9.23. The molecule has 0 saturated heterocycles. The van der Waals surface area contributed by atoms with E-state index in [0.717, 1.165) is 27.4 Å². The van der Waals surface area contributed by atoms with Gasteiger partial charge in [0.05, 0.1) is 0 Å². The molecular formula is C25H15NO2. The average molecular weight is 361 g/mol. The quantitative estimate of drug-likeness (QED) is 0.349. The number of carboxylic acid groups (broad SMARTS) is 1. The van der Waals surface area contributed by atoms with Crippen LogP contribution in [0.4, 0.5) is 0 Å². The molecule has 0 bridgehead atoms. The van der Waals surface area contributed by atoms with Crippen LogP contribution < -0.4 is 0 Å². The summed E-state index contributed by atoms with van der Waals surface area (Å²) < 4.78 is 0. The molecule has 1 aromatic heterocycles. The average Bonchev–Trinajstić information content (AvgIpc) is 3.12. The van der Waals surface area contributed by atoms with Gasteiger partial charge < -0.3 is 10.1 Å². The van der Waals surface area contributed by atoms with Gasteiger partial charge in [-0.3, -0.25) is 0 Å². The summed E-state index contributed by atoms with van der Waals surface area (Å²) in [6.07, 6.45) is 0. The van der Waals surface area contributed by atoms with E-state index in [2.05, 4.69) is 53.5 Å². The SMILES string of the molecule is O=C(O)c1[nH]c2ccccc2c1-c1ccc2ccc3cccc4ccc1c2c34. The Morgan fingerprint density at radius 1 is 0.679 bits per heavy atom. The van der Waals surface area contributed by atoms with E-state index in [1.165, 1.54) is 26.9 Å². The highest BCUT2D eigenvalue weighted by molar-refractivity contribution is 6.26. The number of rotatable bonds is 2. The molecule has 5 aromatic carbocycles. The molecule has 3 nitrogen and oxygen atoms in total. The Labute approximate surface area is 160 Å². The summed E-state index contributed by atoms with van der Waals surface area (Å²) in [7, 11) is 0. The van der Waals surface area contributed by atoms with E-state index >= 15 is 0 Å². The number of benzene rings is 5. The van der Waals surface area contributed by atoms with Gasteiger partial charge in [-0.15, -0.1) is 0 Å². The van der Waals surface area contributed by atoms with E-state index in [4.69, 9.17) is 0 Å². The zero-order valence-electron chi connectivity index (χ0n) is 14.9. The minimum Gasteiger partial charge on any atom is -0.477 e. The van der Waals surface area contributed by atoms with Gasteiger partial charge in [-0.05, 0) is 43.9 Å². The smallest absolute Gasteiger partial charge is 0.352 e. The lowest BCUT2D eigenvalue weighted by molar-refractivity contribution is 0.0692. The first kappa shape index (κ1) is 15.2. The summed E-state index contributed by atoms with van der Waals surface area (Å²) in [4.78, 5) is 15.1. The Hall–Kier alpha value is -3.85. The minimum atomic E-state index is -0.947. The molecule has 0 atom stereocenters. The summed E-state index contributed by atoms with van der Waals surface area (Å²) in [5.41, 5.74) is 2.76. The molecule has 3 heteroatoms. The van der Waals surface area contributed by atoms with Gasteiger partial charge in [0.2, 0.25) is 0 Å². The fourth-order valence-electron chi connectivity index (χ4n) is 4.54. The van der Waals surface area contributed by atoms with Crippen LogP contribution >= 0.6 is 0 Å². The van der Waals surface area contributed by atoms with Crippen molar-refractivity contribution in [1.29, 1.82) is 0 Å². The van der Waals surface area contributed by atoms with Gasteiger partial charge in [0.25, 0.3) is 0 Å². The number of para-hydroxylation sites is 1. The Morgan fingerprint density at radius 3 is 2.14 bits per heavy atom. The van der Waals surface area contributed by atoms with Crippen LogP contribution in [0.3, 0.4) is 0 Å². The molecule has 28 heavy (non-hydrogen) atoms. The zero-order valence-corrected chi connectivity index (χ0v) is 14.9. The Morgan fingerprint density at radius 2 is 1.36 bits per heavy atom. The van der Waals surface area contributed by atoms with E-state index in [1.54, 1.807) is 0 Å². The number of carboxylic acids is 1. The van der Waals surface area contributed by atoms with Crippen LogP contribution in [0, 0.1) is 0 Å². The molecule has 6 aromatic rings. The molecule has 0 fully saturated rings. The Balaban J connectivity index is 1.83. The normalized spacial score (nSPS) is 11.9. The van der Waals surface area contributed by atoms with Crippen LogP contribution in [-0.2, 0) is 0 Å². The maximum Gasteiger partial charge on any atom is 0.352 e. The fraction of sp³-hybridized carbons (Fsp3) is 0. The third-order valence-corrected chi connectivity index (χ3v) is 5.72. The standard InChI is InChI=1S/C25H15NO2/c27-25(28)24-23(19-6-1-2-7-20(19)26-24)18-13-11-16-9-8-14-4-3-5-15-10-12-17(18)22(16)21(14)15/h1-13,26H,(H,27,28). The van der Waals surface area contributed by atoms with Crippen LogP contribution in [0.1, 0.15) is 10.5 Å². The highest BCUT2D eigenvalue weighted by Crippen LogP contribution is 2.42. The predicted molar refractivity (Wildman–Crippen MR) is 114 cm³/mol. The summed E-state index contributed by atoms with van der Waals surface area (Å²) >= 11 is 0. The van der Waals surface area contributed by atoms with Crippen molar-refractivity contribution in [3.63, 3.8) is 0 Å². The van der Waals surface area contributed by atoms with Crippen molar-refractivity contribution in [3.8, 4) is 11.1 Å². The number of aromatic amines is 1. The number of hydrogen-bond acceptors (Lipinski definition) is 1. The molecule has 0 unspecified atom stereocenters. The molecule has 2 N–H and O–H groups in total. The second-order valence-corrected chi connectivity index (χ2v) is 7.19. The first-order valence-corrected chi connectivity index (χ1v) is 9.23. The summed E-state index contributed by atoms with van der Waals surface area (Å²) in [5.74, 6) is -0.947. The van der Waals surface area contributed by atoms with Crippen molar-refractivity contribution in [2.75, 3.05) is 0 Å². The predicted octanol–water partition coefficient (Wildman–Crippen LogP) is 6.43. The third kappa shape index (κ3) is 1.90. The molecule has 132 valence electrons. The third-order valence-electron chi connectivity index (χ3n) is 5.72. The van der Waals surface area contributed by atoms with E-state index in [0.29, 0.717) is 0 Å². The topological polar surface area (TPSA) is 53.1 Å². The maximum absolute atomic E-state index is 12.0. The Kier molecular flexibility index (Phi) is 2.90. The van der Waals surface area contributed by atoms with Crippen molar-refractivity contribution in [2.45, 2.75) is 0 Å². The van der Waals surface area contributed by atoms with Crippen molar-refractivity contribution >= 4 is 49.2 Å². The second kappa shape index (κ2) is 5.33. The minimum absolute atomic E-state index is 0.233. The first-order chi connectivity index (χ1) is 13.7. The molecule has 0 aliphatic rings. The van der Waals surface area contributed by atoms with Crippen molar-refractivity contribution in [2.24, 2.45) is 0 Å². The van der Waals surface area contributed by atoms with E-state index in [9.17, 15) is 9.90 Å². The molecular weight excluding hydrogens is 346 g/mol. The lowest BCUT2D eigenvalue weighted by atomic mass is 9.89. The van der Waals surface area contributed by atoms with Crippen LogP contribution in [0.25, 0.3) is 54.3 Å². The molecule has 0 aliphatic heterocycles. The van der Waals surface area contributed by atoms with E-state index < -0.39 is 5.97 Å². The molecule has 0 aliphatic carbocycles. The number of carbonyl (C=O) groups is 1. The van der Waals surface area contributed by atoms with Gasteiger partial charge in [0.15, 0.2) is 0 Å². The number of hydrogen-bond donors (Lipinski definition) is 2. The Bertz CT molecular complexity index is 1530. The largest absolute Gasteiger partial charge is 0.477 e. The van der Waals surface area contributed by atoms with E-state index in [-0.39, 0.29) is 5.69 Å². The number of aromatic carboxylic acids is 1. The van der Waals surface area contributed by atoms with Crippen molar-refractivity contribution < 1.29 is 9.90 Å². The number of aromatic nitrogens is 1. The van der Waals surface area contributed by atoms with Gasteiger partial charge in [0.1, 0.15) is 5.69 Å². The number of H-pyrrole nitrogens is 1. The highest BCUT2D eigenvalue weighted by atomic mass is 16.4. The van der Waals surface area contributed by atoms with Gasteiger partial charge >= 0.3 is 5.97 Å². The molecule has 0 spiro atoms. The van der Waals surface area contributed by atoms with Crippen molar-refractivity contribution in [3.05, 3.63) is 84.6 Å². The van der Waals surface area contributed by atoms with Gasteiger partial charge in [-0.2, -0.15) is 0 Å². The van der Waals surface area contributed by atoms with Gasteiger partial charge in [-0.25, -0.2) is 4.79 Å². The zero-order chi connectivity index (χ0) is 18.8. The fourth-order valence-corrected chi connectivity index (χ4v) is 4.54. The van der Waals surface area contributed by atoms with Crippen LogP contribution in [-0.4, -0.2) is 16.1 Å². The molecule has 6 rings (SSSR count). The monoisotopic (exact) mass is 361 g/mol. The molecule has 1 heterocycles. The number of fused-ring (bicyclic) bond motifs is 1. The van der Waals surface area contributed by atoms with Gasteiger partial charge in [0, 0.05) is 16.5 Å². The molecule has 0 radical (unpaired) electrons. The summed E-state index contributed by atoms with van der Waals surface area (Å²) in [6.45, 7) is 0. The lowest BCUT2D eigenvalue weighted by Gasteiger charge is -2.14. The molecule has 0 saturated carbocycles. The van der Waals surface area contributed by atoms with Crippen LogP contribution in [0.5, 0.6) is 0 Å². The summed E-state index contributed by atoms with van der Waals surface area (Å²) in [5, 5.41) is 17.8. The van der Waals surface area contributed by atoms with E-state index in [1.807, 2.05) is 30.3 Å². The maximum atomic E-state index is 12.0. The van der Waals surface area contributed by atoms with Gasteiger partial charge in [-0.1, -0.05) is 72.8 Å². The van der Waals surface area contributed by atoms with Crippen LogP contribution in [0.2, 0.25) is 0 Å². The second-order valence-electron chi connectivity index (χ2n) is 7.19. The highest BCUT2D eigenvalue weighted by Gasteiger charge is 2.21. The summed E-state index contributed by atoms with van der Waals surface area (Å²) in [6, 6.07) is 26.8.